The van der Waals surface area contributed by atoms with E-state index in [4.69, 9.17) is 9.26 Å². The summed E-state index contributed by atoms with van der Waals surface area (Å²) < 4.78 is 10.2. The van der Waals surface area contributed by atoms with E-state index in [1.807, 2.05) is 6.07 Å². The summed E-state index contributed by atoms with van der Waals surface area (Å²) in [5, 5.41) is 7.23. The average molecular weight is 212 g/mol. The van der Waals surface area contributed by atoms with Crippen LogP contribution in [0.3, 0.4) is 0 Å². The molecule has 0 saturated heterocycles. The fourth-order valence-corrected chi connectivity index (χ4v) is 1.24. The van der Waals surface area contributed by atoms with Crippen LogP contribution in [0.25, 0.3) is 0 Å². The van der Waals surface area contributed by atoms with Crippen LogP contribution in [0.1, 0.15) is 37.6 Å². The van der Waals surface area contributed by atoms with Crippen molar-refractivity contribution in [2.45, 2.75) is 32.7 Å². The third-order valence-corrected chi connectivity index (χ3v) is 2.46. The Hall–Kier alpha value is -0.870. The molecule has 0 radical (unpaired) electrons. The molecule has 1 rings (SSSR count). The molecule has 86 valence electrons. The van der Waals surface area contributed by atoms with Gasteiger partial charge in [-0.25, -0.2) is 0 Å². The third-order valence-electron chi connectivity index (χ3n) is 2.46. The molecule has 0 aliphatic carbocycles. The van der Waals surface area contributed by atoms with Gasteiger partial charge in [0.25, 0.3) is 0 Å². The summed E-state index contributed by atoms with van der Waals surface area (Å²) in [6.45, 7) is 6.58. The lowest BCUT2D eigenvalue weighted by Gasteiger charge is -2.00. The topological polar surface area (TPSA) is 47.3 Å². The van der Waals surface area contributed by atoms with Crippen LogP contribution in [0.4, 0.5) is 0 Å². The van der Waals surface area contributed by atoms with Gasteiger partial charge in [-0.3, -0.25) is 0 Å². The van der Waals surface area contributed by atoms with Gasteiger partial charge in [0.15, 0.2) is 0 Å². The van der Waals surface area contributed by atoms with Gasteiger partial charge < -0.3 is 14.6 Å². The van der Waals surface area contributed by atoms with Gasteiger partial charge in [-0.1, -0.05) is 19.0 Å². The summed E-state index contributed by atoms with van der Waals surface area (Å²) in [4.78, 5) is 0. The second-order valence-electron chi connectivity index (χ2n) is 3.70. The SMILES string of the molecule is CCC(C)c1cc(CNCCOC)no1. The van der Waals surface area contributed by atoms with E-state index in [0.717, 1.165) is 37.6 Å². The maximum Gasteiger partial charge on any atom is 0.139 e. The number of nitrogens with one attached hydrogen (secondary N) is 1. The fraction of sp³-hybridized carbons (Fsp3) is 0.727. The summed E-state index contributed by atoms with van der Waals surface area (Å²) in [6, 6.07) is 2.02. The van der Waals surface area contributed by atoms with Crippen molar-refractivity contribution >= 4 is 0 Å². The second kappa shape index (κ2) is 6.58. The fourth-order valence-electron chi connectivity index (χ4n) is 1.24. The lowest BCUT2D eigenvalue weighted by molar-refractivity contribution is 0.199. The zero-order valence-corrected chi connectivity index (χ0v) is 9.75. The summed E-state index contributed by atoms with van der Waals surface area (Å²) in [5.74, 6) is 1.42. The van der Waals surface area contributed by atoms with Crippen molar-refractivity contribution in [3.63, 3.8) is 0 Å². The van der Waals surface area contributed by atoms with E-state index in [1.165, 1.54) is 0 Å². The predicted molar refractivity (Wildman–Crippen MR) is 58.8 cm³/mol. The Labute approximate surface area is 91.0 Å². The molecule has 1 unspecified atom stereocenters. The molecule has 1 heterocycles. The average Bonchev–Trinajstić information content (AvgIpc) is 2.72. The maximum absolute atomic E-state index is 5.25. The molecule has 1 aromatic rings. The number of rotatable bonds is 7. The van der Waals surface area contributed by atoms with E-state index >= 15 is 0 Å². The molecular weight excluding hydrogens is 192 g/mol. The highest BCUT2D eigenvalue weighted by molar-refractivity contribution is 5.08. The summed E-state index contributed by atoms with van der Waals surface area (Å²) >= 11 is 0. The monoisotopic (exact) mass is 212 g/mol. The van der Waals surface area contributed by atoms with Crippen LogP contribution in [0.15, 0.2) is 10.6 Å². The molecule has 0 fully saturated rings. The first kappa shape index (κ1) is 12.2. The molecular formula is C11H20N2O2. The van der Waals surface area contributed by atoms with Crippen molar-refractivity contribution < 1.29 is 9.26 Å². The molecule has 15 heavy (non-hydrogen) atoms. The van der Waals surface area contributed by atoms with E-state index in [1.54, 1.807) is 7.11 Å². The van der Waals surface area contributed by atoms with Crippen LogP contribution >= 0.6 is 0 Å². The lowest BCUT2D eigenvalue weighted by Crippen LogP contribution is -2.18. The molecule has 0 spiro atoms. The van der Waals surface area contributed by atoms with Crippen LogP contribution in [-0.4, -0.2) is 25.4 Å². The van der Waals surface area contributed by atoms with Crippen LogP contribution in [0.5, 0.6) is 0 Å². The van der Waals surface area contributed by atoms with Crippen molar-refractivity contribution in [1.29, 1.82) is 0 Å². The third kappa shape index (κ3) is 4.01. The highest BCUT2D eigenvalue weighted by Gasteiger charge is 2.09. The van der Waals surface area contributed by atoms with Crippen molar-refractivity contribution in [1.82, 2.24) is 10.5 Å². The van der Waals surface area contributed by atoms with Crippen LogP contribution in [0, 0.1) is 0 Å². The Morgan fingerprint density at radius 2 is 2.40 bits per heavy atom. The summed E-state index contributed by atoms with van der Waals surface area (Å²) in [7, 11) is 1.69. The van der Waals surface area contributed by atoms with Gasteiger partial charge in [0.2, 0.25) is 0 Å². The molecule has 4 heteroatoms. The summed E-state index contributed by atoms with van der Waals surface area (Å²) in [5.41, 5.74) is 0.960. The molecule has 0 bridgehead atoms. The van der Waals surface area contributed by atoms with E-state index < -0.39 is 0 Å². The van der Waals surface area contributed by atoms with E-state index in [9.17, 15) is 0 Å². The summed E-state index contributed by atoms with van der Waals surface area (Å²) in [6.07, 6.45) is 1.08. The van der Waals surface area contributed by atoms with Crippen molar-refractivity contribution in [2.24, 2.45) is 0 Å². The molecule has 0 aliphatic rings. The Morgan fingerprint density at radius 1 is 1.60 bits per heavy atom. The minimum atomic E-state index is 0.449. The molecule has 1 aromatic heterocycles. The number of ether oxygens (including phenoxy) is 1. The number of nitrogens with zero attached hydrogens (tertiary/aromatic N) is 1. The molecule has 0 amide bonds. The van der Waals surface area contributed by atoms with E-state index in [0.29, 0.717) is 5.92 Å². The maximum atomic E-state index is 5.25. The van der Waals surface area contributed by atoms with Gasteiger partial charge in [0.05, 0.1) is 12.3 Å². The second-order valence-corrected chi connectivity index (χ2v) is 3.70. The van der Waals surface area contributed by atoms with Crippen LogP contribution in [-0.2, 0) is 11.3 Å². The molecule has 1 atom stereocenters. The molecule has 0 aromatic carbocycles. The predicted octanol–water partition coefficient (Wildman–Crippen LogP) is 1.92. The number of hydrogen-bond donors (Lipinski definition) is 1. The Balaban J connectivity index is 2.33. The lowest BCUT2D eigenvalue weighted by atomic mass is 10.1. The van der Waals surface area contributed by atoms with Crippen LogP contribution < -0.4 is 5.32 Å². The Kier molecular flexibility index (Phi) is 5.36. The highest BCUT2D eigenvalue weighted by Crippen LogP contribution is 2.18. The first-order valence-corrected chi connectivity index (χ1v) is 5.43. The van der Waals surface area contributed by atoms with Gasteiger partial charge in [-0.15, -0.1) is 0 Å². The quantitative estimate of drug-likeness (QED) is 0.701. The largest absolute Gasteiger partial charge is 0.383 e. The molecule has 1 N–H and O–H groups in total. The first-order valence-electron chi connectivity index (χ1n) is 5.43. The normalized spacial score (nSPS) is 13.0. The van der Waals surface area contributed by atoms with Crippen LogP contribution in [0.2, 0.25) is 0 Å². The van der Waals surface area contributed by atoms with Gasteiger partial charge >= 0.3 is 0 Å². The number of aromatic nitrogens is 1. The number of methoxy groups -OCH3 is 1. The van der Waals surface area contributed by atoms with Gasteiger partial charge in [0, 0.05) is 32.2 Å². The Bertz CT molecular complexity index is 273. The minimum absolute atomic E-state index is 0.449. The van der Waals surface area contributed by atoms with Crippen molar-refractivity contribution in [2.75, 3.05) is 20.3 Å². The molecule has 0 saturated carbocycles. The minimum Gasteiger partial charge on any atom is -0.383 e. The van der Waals surface area contributed by atoms with Gasteiger partial charge in [-0.2, -0.15) is 0 Å². The first-order chi connectivity index (χ1) is 7.27. The smallest absolute Gasteiger partial charge is 0.139 e. The van der Waals surface area contributed by atoms with Gasteiger partial charge in [0.1, 0.15) is 5.76 Å². The Morgan fingerprint density at radius 3 is 3.07 bits per heavy atom. The zero-order valence-electron chi connectivity index (χ0n) is 9.75. The van der Waals surface area contributed by atoms with E-state index in [2.05, 4.69) is 24.3 Å². The number of hydrogen-bond acceptors (Lipinski definition) is 4. The van der Waals surface area contributed by atoms with Crippen molar-refractivity contribution in [3.8, 4) is 0 Å². The van der Waals surface area contributed by atoms with Gasteiger partial charge in [-0.05, 0) is 6.42 Å². The van der Waals surface area contributed by atoms with E-state index in [-0.39, 0.29) is 0 Å². The molecule has 0 aliphatic heterocycles. The standard InChI is InChI=1S/C11H20N2O2/c1-4-9(2)11-7-10(13-15-11)8-12-5-6-14-3/h7,9,12H,4-6,8H2,1-3H3. The van der Waals surface area contributed by atoms with Crippen molar-refractivity contribution in [3.05, 3.63) is 17.5 Å². The highest BCUT2D eigenvalue weighted by atomic mass is 16.5. The zero-order chi connectivity index (χ0) is 11.1. The molecule has 4 nitrogen and oxygen atoms in total.